The van der Waals surface area contributed by atoms with Gasteiger partial charge in [-0.15, -0.1) is 0 Å². The molecule has 0 aromatic carbocycles. The van der Waals surface area contributed by atoms with E-state index in [1.165, 1.54) is 4.90 Å². The van der Waals surface area contributed by atoms with Crippen molar-refractivity contribution < 1.29 is 23.1 Å². The van der Waals surface area contributed by atoms with Gasteiger partial charge in [-0.25, -0.2) is 8.42 Å². The van der Waals surface area contributed by atoms with E-state index in [2.05, 4.69) is 0 Å². The van der Waals surface area contributed by atoms with Crippen LogP contribution in [0.3, 0.4) is 0 Å². The van der Waals surface area contributed by atoms with Gasteiger partial charge in [0.05, 0.1) is 11.2 Å². The fraction of sp³-hybridized carbons (Fsp3) is 0.833. The fourth-order valence-electron chi connectivity index (χ4n) is 2.19. The third kappa shape index (κ3) is 4.19. The number of aliphatic carboxylic acids is 1. The molecular weight excluding hydrogens is 270 g/mol. The summed E-state index contributed by atoms with van der Waals surface area (Å²) in [7, 11) is -3.41. The van der Waals surface area contributed by atoms with Gasteiger partial charge in [0.25, 0.3) is 0 Å². The van der Waals surface area contributed by atoms with Crippen LogP contribution in [0.15, 0.2) is 0 Å². The van der Waals surface area contributed by atoms with Crippen molar-refractivity contribution in [3.05, 3.63) is 0 Å². The first-order chi connectivity index (χ1) is 8.56. The number of hydrogen-bond acceptors (Lipinski definition) is 4. The minimum atomic E-state index is -3.41. The SMILES string of the molecule is CC(C)CS(=O)(=O)CC(=O)N1CC[C@@](C)(C(=O)O)C1. The number of carboxylic acids is 1. The molecule has 1 aliphatic rings. The molecule has 0 aromatic heterocycles. The summed E-state index contributed by atoms with van der Waals surface area (Å²) in [5.74, 6) is -2.02. The average Bonchev–Trinajstić information content (AvgIpc) is 2.59. The van der Waals surface area contributed by atoms with Gasteiger partial charge in [-0.05, 0) is 19.3 Å². The lowest BCUT2D eigenvalue weighted by Gasteiger charge is -2.20. The van der Waals surface area contributed by atoms with Crippen LogP contribution in [0.1, 0.15) is 27.2 Å². The topological polar surface area (TPSA) is 91.8 Å². The van der Waals surface area contributed by atoms with Crippen LogP contribution in [0.5, 0.6) is 0 Å². The van der Waals surface area contributed by atoms with E-state index in [4.69, 9.17) is 5.11 Å². The summed E-state index contributed by atoms with van der Waals surface area (Å²) in [4.78, 5) is 24.3. The molecule has 0 saturated carbocycles. The molecule has 0 radical (unpaired) electrons. The molecule has 1 atom stereocenters. The number of sulfone groups is 1. The minimum Gasteiger partial charge on any atom is -0.481 e. The van der Waals surface area contributed by atoms with Gasteiger partial charge in [-0.2, -0.15) is 0 Å². The van der Waals surface area contributed by atoms with E-state index >= 15 is 0 Å². The highest BCUT2D eigenvalue weighted by Crippen LogP contribution is 2.30. The molecule has 7 heteroatoms. The molecule has 19 heavy (non-hydrogen) atoms. The van der Waals surface area contributed by atoms with Crippen molar-refractivity contribution in [2.24, 2.45) is 11.3 Å². The zero-order valence-corrected chi connectivity index (χ0v) is 12.4. The Hall–Kier alpha value is -1.11. The fourth-order valence-corrected chi connectivity index (χ4v) is 3.89. The van der Waals surface area contributed by atoms with Gasteiger partial charge in [-0.1, -0.05) is 13.8 Å². The predicted molar refractivity (Wildman–Crippen MR) is 70.4 cm³/mol. The van der Waals surface area contributed by atoms with Gasteiger partial charge in [-0.3, -0.25) is 9.59 Å². The Morgan fingerprint density at radius 2 is 1.95 bits per heavy atom. The van der Waals surface area contributed by atoms with Gasteiger partial charge < -0.3 is 10.0 Å². The Balaban J connectivity index is 2.65. The third-order valence-electron chi connectivity index (χ3n) is 3.27. The average molecular weight is 291 g/mol. The van der Waals surface area contributed by atoms with Crippen LogP contribution in [-0.2, 0) is 19.4 Å². The Morgan fingerprint density at radius 3 is 2.37 bits per heavy atom. The van der Waals surface area contributed by atoms with Gasteiger partial charge >= 0.3 is 5.97 Å². The molecule has 1 saturated heterocycles. The Kier molecular flexibility index (Phi) is 4.60. The smallest absolute Gasteiger partial charge is 0.311 e. The standard InChI is InChI=1S/C12H21NO5S/c1-9(2)6-19(17,18)7-10(14)13-5-4-12(3,8-13)11(15)16/h9H,4-8H2,1-3H3,(H,15,16)/t12-/m1/s1. The zero-order chi connectivity index (χ0) is 14.8. The molecule has 1 N–H and O–H groups in total. The number of nitrogens with zero attached hydrogens (tertiary/aromatic N) is 1. The van der Waals surface area contributed by atoms with Crippen molar-refractivity contribution in [1.82, 2.24) is 4.90 Å². The van der Waals surface area contributed by atoms with E-state index in [0.717, 1.165) is 0 Å². The van der Waals surface area contributed by atoms with Crippen molar-refractivity contribution in [3.63, 3.8) is 0 Å². The van der Waals surface area contributed by atoms with Crippen LogP contribution in [0.4, 0.5) is 0 Å². The number of amides is 1. The molecule has 0 unspecified atom stereocenters. The second-order valence-corrected chi connectivity index (χ2v) is 7.99. The maximum atomic E-state index is 11.9. The number of carboxylic acid groups (broad SMARTS) is 1. The van der Waals surface area contributed by atoms with E-state index in [1.807, 2.05) is 0 Å². The largest absolute Gasteiger partial charge is 0.481 e. The molecule has 1 fully saturated rings. The van der Waals surface area contributed by atoms with Crippen LogP contribution < -0.4 is 0 Å². The maximum absolute atomic E-state index is 11.9. The molecule has 0 aromatic rings. The van der Waals surface area contributed by atoms with E-state index < -0.39 is 32.9 Å². The molecular formula is C12H21NO5S. The maximum Gasteiger partial charge on any atom is 0.311 e. The summed E-state index contributed by atoms with van der Waals surface area (Å²) in [5.41, 5.74) is -0.961. The van der Waals surface area contributed by atoms with Crippen LogP contribution >= 0.6 is 0 Å². The number of hydrogen-bond donors (Lipinski definition) is 1. The first-order valence-corrected chi connectivity index (χ1v) is 8.09. The molecule has 1 rings (SSSR count). The normalized spacial score (nSPS) is 23.9. The van der Waals surface area contributed by atoms with Gasteiger partial charge in [0.2, 0.25) is 5.91 Å². The number of carbonyl (C=O) groups is 2. The minimum absolute atomic E-state index is 0.0250. The first-order valence-electron chi connectivity index (χ1n) is 6.27. The molecule has 110 valence electrons. The second-order valence-electron chi connectivity index (χ2n) is 5.88. The number of rotatable bonds is 5. The van der Waals surface area contributed by atoms with Crippen molar-refractivity contribution >= 4 is 21.7 Å². The summed E-state index contributed by atoms with van der Waals surface area (Å²) < 4.78 is 23.5. The summed E-state index contributed by atoms with van der Waals surface area (Å²) in [6.45, 7) is 5.52. The second kappa shape index (κ2) is 5.48. The Labute approximate surface area is 113 Å². The van der Waals surface area contributed by atoms with Gasteiger partial charge in [0.15, 0.2) is 9.84 Å². The summed E-state index contributed by atoms with van der Waals surface area (Å²) in [5, 5.41) is 9.07. The van der Waals surface area contributed by atoms with Crippen molar-refractivity contribution in [2.45, 2.75) is 27.2 Å². The molecule has 0 bridgehead atoms. The Bertz CT molecular complexity index is 471. The van der Waals surface area contributed by atoms with Gasteiger partial charge in [0, 0.05) is 13.1 Å². The van der Waals surface area contributed by atoms with E-state index in [1.54, 1.807) is 20.8 Å². The predicted octanol–water partition coefficient (Wildman–Crippen LogP) is 0.380. The molecule has 6 nitrogen and oxygen atoms in total. The monoisotopic (exact) mass is 291 g/mol. The zero-order valence-electron chi connectivity index (χ0n) is 11.5. The lowest BCUT2D eigenvalue weighted by Crippen LogP contribution is -2.38. The van der Waals surface area contributed by atoms with Crippen LogP contribution in [-0.4, -0.2) is 54.9 Å². The van der Waals surface area contributed by atoms with Crippen LogP contribution in [0.2, 0.25) is 0 Å². The van der Waals surface area contributed by atoms with E-state index in [-0.39, 0.29) is 18.2 Å². The molecule has 1 aliphatic heterocycles. The summed E-state index contributed by atoms with van der Waals surface area (Å²) >= 11 is 0. The van der Waals surface area contributed by atoms with Crippen molar-refractivity contribution in [2.75, 3.05) is 24.6 Å². The lowest BCUT2D eigenvalue weighted by molar-refractivity contribution is -0.147. The third-order valence-corrected chi connectivity index (χ3v) is 5.13. The van der Waals surface area contributed by atoms with Gasteiger partial charge in [0.1, 0.15) is 5.75 Å². The van der Waals surface area contributed by atoms with Crippen molar-refractivity contribution in [1.29, 1.82) is 0 Å². The van der Waals surface area contributed by atoms with Crippen LogP contribution in [0.25, 0.3) is 0 Å². The van der Waals surface area contributed by atoms with E-state index in [0.29, 0.717) is 13.0 Å². The summed E-state index contributed by atoms with van der Waals surface area (Å²) in [6.07, 6.45) is 0.359. The summed E-state index contributed by atoms with van der Waals surface area (Å²) in [6, 6.07) is 0. The Morgan fingerprint density at radius 1 is 1.37 bits per heavy atom. The molecule has 0 spiro atoms. The van der Waals surface area contributed by atoms with E-state index in [9.17, 15) is 18.0 Å². The quantitative estimate of drug-likeness (QED) is 0.790. The molecule has 0 aliphatic carbocycles. The number of likely N-dealkylation sites (tertiary alicyclic amines) is 1. The highest BCUT2D eigenvalue weighted by atomic mass is 32.2. The molecule has 1 amide bonds. The first kappa shape index (κ1) is 15.9. The van der Waals surface area contributed by atoms with Crippen molar-refractivity contribution in [3.8, 4) is 0 Å². The lowest BCUT2D eigenvalue weighted by atomic mass is 9.90. The number of carbonyl (C=O) groups excluding carboxylic acids is 1. The van der Waals surface area contributed by atoms with Crippen LogP contribution in [0, 0.1) is 11.3 Å². The molecule has 1 heterocycles. The highest BCUT2D eigenvalue weighted by Gasteiger charge is 2.42. The highest BCUT2D eigenvalue weighted by molar-refractivity contribution is 7.92.